The third kappa shape index (κ3) is 4.89. The summed E-state index contributed by atoms with van der Waals surface area (Å²) in [6.07, 6.45) is 1.87. The van der Waals surface area contributed by atoms with Crippen molar-refractivity contribution in [3.63, 3.8) is 0 Å². The highest BCUT2D eigenvalue weighted by atomic mass is 35.5. The second-order valence-corrected chi connectivity index (χ2v) is 4.84. The zero-order valence-corrected chi connectivity index (χ0v) is 11.8. The molecule has 0 aliphatic rings. The van der Waals surface area contributed by atoms with Crippen LogP contribution in [0.5, 0.6) is 5.75 Å². The second-order valence-electron chi connectivity index (χ2n) is 4.43. The molecule has 1 atom stereocenters. The first-order valence-corrected chi connectivity index (χ1v) is 6.92. The molecule has 0 aliphatic heterocycles. The topological polar surface area (TPSA) is 54.6 Å². The minimum atomic E-state index is -0.581. The first kappa shape index (κ1) is 14.9. The van der Waals surface area contributed by atoms with E-state index in [2.05, 4.69) is 5.32 Å². The van der Waals surface area contributed by atoms with Gasteiger partial charge in [-0.1, -0.05) is 23.7 Å². The third-order valence-electron chi connectivity index (χ3n) is 2.78. The van der Waals surface area contributed by atoms with Crippen molar-refractivity contribution in [3.8, 4) is 5.75 Å². The fraction of sp³-hybridized carbons (Fsp3) is 0.333. The molecule has 2 N–H and O–H groups in total. The van der Waals surface area contributed by atoms with Crippen LogP contribution in [0.25, 0.3) is 0 Å². The molecule has 0 saturated heterocycles. The second kappa shape index (κ2) is 7.94. The first-order chi connectivity index (χ1) is 9.75. The number of hydrogen-bond acceptors (Lipinski definition) is 4. The molecule has 2 aromatic rings. The number of benzene rings is 1. The van der Waals surface area contributed by atoms with E-state index in [1.807, 2.05) is 24.3 Å². The van der Waals surface area contributed by atoms with Crippen LogP contribution < -0.4 is 10.1 Å². The predicted molar refractivity (Wildman–Crippen MR) is 78.2 cm³/mol. The molecule has 0 amide bonds. The minimum Gasteiger partial charge on any atom is -0.489 e. The Morgan fingerprint density at radius 3 is 2.85 bits per heavy atom. The standard InChI is InChI=1S/C15H18ClNO3/c16-14-5-1-2-6-15(14)20-11-12(18)10-17-8-7-13-4-3-9-19-13/h1-6,9,12,17-18H,7-8,10-11H2. The summed E-state index contributed by atoms with van der Waals surface area (Å²) in [7, 11) is 0. The molecule has 0 saturated carbocycles. The van der Waals surface area contributed by atoms with Gasteiger partial charge < -0.3 is 19.6 Å². The van der Waals surface area contributed by atoms with Gasteiger partial charge in [0.05, 0.1) is 11.3 Å². The minimum absolute atomic E-state index is 0.206. The van der Waals surface area contributed by atoms with E-state index in [0.717, 1.165) is 18.7 Å². The zero-order valence-electron chi connectivity index (χ0n) is 11.1. The highest BCUT2D eigenvalue weighted by Gasteiger charge is 2.06. The van der Waals surface area contributed by atoms with Crippen molar-refractivity contribution in [1.82, 2.24) is 5.32 Å². The fourth-order valence-corrected chi connectivity index (χ4v) is 1.93. The van der Waals surface area contributed by atoms with E-state index >= 15 is 0 Å². The molecule has 108 valence electrons. The lowest BCUT2D eigenvalue weighted by molar-refractivity contribution is 0.106. The van der Waals surface area contributed by atoms with E-state index in [0.29, 0.717) is 17.3 Å². The van der Waals surface area contributed by atoms with Gasteiger partial charge in [-0.05, 0) is 24.3 Å². The van der Waals surface area contributed by atoms with Gasteiger partial charge in [0.25, 0.3) is 0 Å². The smallest absolute Gasteiger partial charge is 0.138 e. The molecule has 0 aliphatic carbocycles. The van der Waals surface area contributed by atoms with Gasteiger partial charge in [0.2, 0.25) is 0 Å². The molecule has 1 aromatic carbocycles. The summed E-state index contributed by atoms with van der Waals surface area (Å²) in [6.45, 7) is 1.42. The summed E-state index contributed by atoms with van der Waals surface area (Å²) in [5, 5.41) is 13.5. The summed E-state index contributed by atoms with van der Waals surface area (Å²) in [6, 6.07) is 11.0. The summed E-state index contributed by atoms with van der Waals surface area (Å²) in [5.74, 6) is 1.52. The lowest BCUT2D eigenvalue weighted by Gasteiger charge is -2.13. The normalized spacial score (nSPS) is 12.3. The van der Waals surface area contributed by atoms with Gasteiger partial charge in [0.1, 0.15) is 24.2 Å². The van der Waals surface area contributed by atoms with Gasteiger partial charge in [0.15, 0.2) is 0 Å². The van der Waals surface area contributed by atoms with Crippen molar-refractivity contribution in [2.45, 2.75) is 12.5 Å². The van der Waals surface area contributed by atoms with E-state index in [-0.39, 0.29) is 6.61 Å². The van der Waals surface area contributed by atoms with Crippen LogP contribution in [0.4, 0.5) is 0 Å². The van der Waals surface area contributed by atoms with Gasteiger partial charge >= 0.3 is 0 Å². The number of aliphatic hydroxyl groups excluding tert-OH is 1. The number of nitrogens with one attached hydrogen (secondary N) is 1. The van der Waals surface area contributed by atoms with Gasteiger partial charge in [-0.2, -0.15) is 0 Å². The van der Waals surface area contributed by atoms with Crippen LogP contribution in [0.1, 0.15) is 5.76 Å². The molecule has 1 aromatic heterocycles. The van der Waals surface area contributed by atoms with Crippen LogP contribution >= 0.6 is 11.6 Å². The van der Waals surface area contributed by atoms with E-state index in [4.69, 9.17) is 20.8 Å². The Labute approximate surface area is 123 Å². The van der Waals surface area contributed by atoms with Gasteiger partial charge in [-0.25, -0.2) is 0 Å². The Morgan fingerprint density at radius 1 is 1.25 bits per heavy atom. The molecule has 2 rings (SSSR count). The Balaban J connectivity index is 1.61. The van der Waals surface area contributed by atoms with Crippen LogP contribution in [-0.2, 0) is 6.42 Å². The monoisotopic (exact) mass is 295 g/mol. The maximum Gasteiger partial charge on any atom is 0.138 e. The van der Waals surface area contributed by atoms with Crippen LogP contribution in [0.15, 0.2) is 47.1 Å². The molecular formula is C15H18ClNO3. The molecule has 5 heteroatoms. The number of furan rings is 1. The van der Waals surface area contributed by atoms with Crippen LogP contribution in [-0.4, -0.2) is 30.9 Å². The van der Waals surface area contributed by atoms with Crippen molar-refractivity contribution < 1.29 is 14.3 Å². The molecule has 0 spiro atoms. The average Bonchev–Trinajstić information content (AvgIpc) is 2.96. The molecule has 0 radical (unpaired) electrons. The van der Waals surface area contributed by atoms with Crippen molar-refractivity contribution in [1.29, 1.82) is 0 Å². The van der Waals surface area contributed by atoms with Crippen LogP contribution in [0, 0.1) is 0 Å². The average molecular weight is 296 g/mol. The van der Waals surface area contributed by atoms with E-state index < -0.39 is 6.10 Å². The van der Waals surface area contributed by atoms with Gasteiger partial charge in [0, 0.05) is 19.5 Å². The van der Waals surface area contributed by atoms with E-state index in [1.165, 1.54) is 0 Å². The Morgan fingerprint density at radius 2 is 2.10 bits per heavy atom. The van der Waals surface area contributed by atoms with Crippen molar-refractivity contribution in [2.75, 3.05) is 19.7 Å². The van der Waals surface area contributed by atoms with Crippen molar-refractivity contribution in [3.05, 3.63) is 53.4 Å². The lowest BCUT2D eigenvalue weighted by atomic mass is 10.3. The number of aliphatic hydroxyl groups is 1. The molecule has 0 bridgehead atoms. The van der Waals surface area contributed by atoms with Gasteiger partial charge in [-0.3, -0.25) is 0 Å². The Bertz CT molecular complexity index is 502. The highest BCUT2D eigenvalue weighted by Crippen LogP contribution is 2.22. The lowest BCUT2D eigenvalue weighted by Crippen LogP contribution is -2.32. The summed E-state index contributed by atoms with van der Waals surface area (Å²) >= 11 is 5.96. The van der Waals surface area contributed by atoms with Crippen molar-refractivity contribution in [2.24, 2.45) is 0 Å². The molecule has 1 unspecified atom stereocenters. The number of ether oxygens (including phenoxy) is 1. The maximum atomic E-state index is 9.80. The SMILES string of the molecule is OC(CNCCc1ccco1)COc1ccccc1Cl. The number of hydrogen-bond donors (Lipinski definition) is 2. The third-order valence-corrected chi connectivity index (χ3v) is 3.09. The molecule has 20 heavy (non-hydrogen) atoms. The summed E-state index contributed by atoms with van der Waals surface area (Å²) in [4.78, 5) is 0. The summed E-state index contributed by atoms with van der Waals surface area (Å²) < 4.78 is 10.7. The largest absolute Gasteiger partial charge is 0.489 e. The van der Waals surface area contributed by atoms with Gasteiger partial charge in [-0.15, -0.1) is 0 Å². The fourth-order valence-electron chi connectivity index (χ4n) is 1.74. The Hall–Kier alpha value is -1.49. The maximum absolute atomic E-state index is 9.80. The molecule has 1 heterocycles. The zero-order chi connectivity index (χ0) is 14.2. The van der Waals surface area contributed by atoms with Crippen LogP contribution in [0.3, 0.4) is 0 Å². The van der Waals surface area contributed by atoms with E-state index in [1.54, 1.807) is 18.4 Å². The number of para-hydroxylation sites is 1. The predicted octanol–water partition coefficient (Wildman–Crippen LogP) is 2.50. The molecule has 4 nitrogen and oxygen atoms in total. The first-order valence-electron chi connectivity index (χ1n) is 6.54. The van der Waals surface area contributed by atoms with Crippen LogP contribution in [0.2, 0.25) is 5.02 Å². The Kier molecular flexibility index (Phi) is 5.92. The molecular weight excluding hydrogens is 278 g/mol. The number of rotatable bonds is 8. The number of halogens is 1. The molecule has 0 fully saturated rings. The van der Waals surface area contributed by atoms with E-state index in [9.17, 15) is 5.11 Å². The van der Waals surface area contributed by atoms with Crippen molar-refractivity contribution >= 4 is 11.6 Å². The quantitative estimate of drug-likeness (QED) is 0.735. The summed E-state index contributed by atoms with van der Waals surface area (Å²) in [5.41, 5.74) is 0. The highest BCUT2D eigenvalue weighted by molar-refractivity contribution is 6.32.